The second-order valence-corrected chi connectivity index (χ2v) is 2.51. The Bertz CT molecular complexity index is 254. The molecule has 0 spiro atoms. The van der Waals surface area contributed by atoms with Gasteiger partial charge in [-0.25, -0.2) is 4.79 Å². The lowest BCUT2D eigenvalue weighted by atomic mass is 10.1. The van der Waals surface area contributed by atoms with Gasteiger partial charge in [-0.2, -0.15) is 0 Å². The fourth-order valence-corrected chi connectivity index (χ4v) is 0.882. The topological polar surface area (TPSA) is 37.3 Å². The normalized spacial score (nSPS) is 16.8. The minimum Gasteiger partial charge on any atom is -0.478 e. The highest BCUT2D eigenvalue weighted by Gasteiger charge is 2.04. The van der Waals surface area contributed by atoms with Gasteiger partial charge in [-0.3, -0.25) is 0 Å². The Morgan fingerprint density at radius 2 is 2.36 bits per heavy atom. The van der Waals surface area contributed by atoms with Gasteiger partial charge in [0.2, 0.25) is 0 Å². The average Bonchev–Trinajstić information content (AvgIpc) is 2.13. The van der Waals surface area contributed by atoms with Gasteiger partial charge in [0, 0.05) is 5.57 Å². The van der Waals surface area contributed by atoms with Crippen molar-refractivity contribution in [3.63, 3.8) is 0 Å². The fraction of sp³-hybridized carbons (Fsp3) is 0.222. The first-order valence-corrected chi connectivity index (χ1v) is 3.47. The molecule has 1 aliphatic rings. The van der Waals surface area contributed by atoms with Crippen LogP contribution >= 0.6 is 0 Å². The third-order valence-corrected chi connectivity index (χ3v) is 1.58. The summed E-state index contributed by atoms with van der Waals surface area (Å²) in [4.78, 5) is 10.5. The molecule has 0 saturated carbocycles. The Morgan fingerprint density at radius 3 is 3.00 bits per heavy atom. The molecule has 0 bridgehead atoms. The van der Waals surface area contributed by atoms with E-state index in [0.29, 0.717) is 12.0 Å². The molecule has 1 N–H and O–H groups in total. The Morgan fingerprint density at radius 1 is 1.64 bits per heavy atom. The Labute approximate surface area is 65.5 Å². The van der Waals surface area contributed by atoms with Crippen LogP contribution in [-0.4, -0.2) is 11.1 Å². The number of hydrogen-bond donors (Lipinski definition) is 1. The van der Waals surface area contributed by atoms with Crippen molar-refractivity contribution in [2.75, 3.05) is 0 Å². The van der Waals surface area contributed by atoms with Gasteiger partial charge in [-0.1, -0.05) is 29.9 Å². The van der Waals surface area contributed by atoms with Crippen LogP contribution in [-0.2, 0) is 4.79 Å². The number of aliphatic carboxylic acids is 1. The summed E-state index contributed by atoms with van der Waals surface area (Å²) in [7, 11) is 0. The van der Waals surface area contributed by atoms with Crippen molar-refractivity contribution in [3.8, 4) is 0 Å². The number of hydrogen-bond acceptors (Lipinski definition) is 1. The zero-order valence-corrected chi connectivity index (χ0v) is 6.37. The molecule has 0 aromatic heterocycles. The Balaban J connectivity index is 2.82. The summed E-state index contributed by atoms with van der Waals surface area (Å²) in [5.41, 5.74) is 1.55. The lowest BCUT2D eigenvalue weighted by Crippen LogP contribution is -1.98. The van der Waals surface area contributed by atoms with E-state index in [1.54, 1.807) is 12.2 Å². The molecule has 0 saturated heterocycles. The molecule has 11 heavy (non-hydrogen) atoms. The van der Waals surface area contributed by atoms with Gasteiger partial charge in [-0.05, 0) is 13.3 Å². The maximum absolute atomic E-state index is 10.5. The van der Waals surface area contributed by atoms with E-state index in [4.69, 9.17) is 5.11 Å². The van der Waals surface area contributed by atoms with Crippen LogP contribution in [0.1, 0.15) is 13.3 Å². The monoisotopic (exact) mass is 150 g/mol. The highest BCUT2D eigenvalue weighted by Crippen LogP contribution is 2.10. The maximum atomic E-state index is 10.5. The average molecular weight is 150 g/mol. The molecule has 0 aromatic carbocycles. The van der Waals surface area contributed by atoms with E-state index in [1.807, 2.05) is 19.1 Å². The third kappa shape index (κ3) is 2.08. The first kappa shape index (κ1) is 7.79. The number of carboxylic acids is 1. The number of carboxylic acid groups (broad SMARTS) is 1. The molecule has 0 aromatic rings. The SMILES string of the molecule is CC1=CCC(C(=O)O)=CC=C1. The first-order chi connectivity index (χ1) is 5.20. The van der Waals surface area contributed by atoms with E-state index >= 15 is 0 Å². The van der Waals surface area contributed by atoms with Gasteiger partial charge in [0.1, 0.15) is 0 Å². The van der Waals surface area contributed by atoms with Gasteiger partial charge in [0.15, 0.2) is 0 Å². The van der Waals surface area contributed by atoms with Crippen molar-refractivity contribution in [1.29, 1.82) is 0 Å². The Hall–Kier alpha value is -1.31. The lowest BCUT2D eigenvalue weighted by molar-refractivity contribution is -0.132. The van der Waals surface area contributed by atoms with Crippen LogP contribution in [0.5, 0.6) is 0 Å². The van der Waals surface area contributed by atoms with Crippen molar-refractivity contribution in [2.45, 2.75) is 13.3 Å². The third-order valence-electron chi connectivity index (χ3n) is 1.58. The van der Waals surface area contributed by atoms with Crippen molar-refractivity contribution >= 4 is 5.97 Å². The second-order valence-electron chi connectivity index (χ2n) is 2.51. The standard InChI is InChI=1S/C9H10O2/c1-7-3-2-4-8(6-5-7)9(10)11/h2-5H,6H2,1H3,(H,10,11). The van der Waals surface area contributed by atoms with E-state index < -0.39 is 5.97 Å². The predicted molar refractivity (Wildman–Crippen MR) is 43.2 cm³/mol. The molecule has 58 valence electrons. The molecule has 0 heterocycles. The molecular weight excluding hydrogens is 140 g/mol. The zero-order chi connectivity index (χ0) is 8.27. The molecule has 2 heteroatoms. The van der Waals surface area contributed by atoms with Gasteiger partial charge in [0.05, 0.1) is 0 Å². The van der Waals surface area contributed by atoms with E-state index in [2.05, 4.69) is 0 Å². The molecule has 2 nitrogen and oxygen atoms in total. The summed E-state index contributed by atoms with van der Waals surface area (Å²) in [6, 6.07) is 0. The molecule has 0 atom stereocenters. The summed E-state index contributed by atoms with van der Waals surface area (Å²) in [5.74, 6) is -0.833. The van der Waals surface area contributed by atoms with E-state index in [1.165, 1.54) is 0 Å². The van der Waals surface area contributed by atoms with Gasteiger partial charge in [0.25, 0.3) is 0 Å². The summed E-state index contributed by atoms with van der Waals surface area (Å²) in [6.45, 7) is 1.95. The minimum atomic E-state index is -0.833. The lowest BCUT2D eigenvalue weighted by Gasteiger charge is -1.93. The summed E-state index contributed by atoms with van der Waals surface area (Å²) >= 11 is 0. The van der Waals surface area contributed by atoms with E-state index in [0.717, 1.165) is 5.57 Å². The quantitative estimate of drug-likeness (QED) is 0.619. The van der Waals surface area contributed by atoms with Crippen LogP contribution in [0.25, 0.3) is 0 Å². The largest absolute Gasteiger partial charge is 0.478 e. The number of allylic oxidation sites excluding steroid dienone is 5. The van der Waals surface area contributed by atoms with Crippen LogP contribution in [0.15, 0.2) is 35.5 Å². The highest BCUT2D eigenvalue weighted by atomic mass is 16.4. The van der Waals surface area contributed by atoms with Crippen molar-refractivity contribution < 1.29 is 9.90 Å². The van der Waals surface area contributed by atoms with Crippen LogP contribution in [0, 0.1) is 0 Å². The summed E-state index contributed by atoms with van der Waals surface area (Å²) < 4.78 is 0. The smallest absolute Gasteiger partial charge is 0.331 e. The zero-order valence-electron chi connectivity index (χ0n) is 6.37. The number of carbonyl (C=O) groups is 1. The van der Waals surface area contributed by atoms with Crippen LogP contribution in [0.4, 0.5) is 0 Å². The van der Waals surface area contributed by atoms with Crippen molar-refractivity contribution in [3.05, 3.63) is 35.5 Å². The van der Waals surface area contributed by atoms with Gasteiger partial charge >= 0.3 is 5.97 Å². The van der Waals surface area contributed by atoms with E-state index in [-0.39, 0.29) is 0 Å². The molecule has 0 unspecified atom stereocenters. The summed E-state index contributed by atoms with van der Waals surface area (Å²) in [6.07, 6.45) is 7.73. The predicted octanol–water partition coefficient (Wildman–Crippen LogP) is 1.90. The Kier molecular flexibility index (Phi) is 2.26. The maximum Gasteiger partial charge on any atom is 0.331 e. The molecule has 1 rings (SSSR count). The van der Waals surface area contributed by atoms with Gasteiger partial charge in [-0.15, -0.1) is 0 Å². The molecule has 0 fully saturated rings. The van der Waals surface area contributed by atoms with Crippen LogP contribution < -0.4 is 0 Å². The van der Waals surface area contributed by atoms with Gasteiger partial charge < -0.3 is 5.11 Å². The first-order valence-electron chi connectivity index (χ1n) is 3.47. The fourth-order valence-electron chi connectivity index (χ4n) is 0.882. The van der Waals surface area contributed by atoms with E-state index in [9.17, 15) is 4.79 Å². The molecular formula is C9H10O2. The van der Waals surface area contributed by atoms with Crippen LogP contribution in [0.2, 0.25) is 0 Å². The number of rotatable bonds is 1. The van der Waals surface area contributed by atoms with Crippen molar-refractivity contribution in [1.82, 2.24) is 0 Å². The second kappa shape index (κ2) is 3.19. The van der Waals surface area contributed by atoms with Crippen LogP contribution in [0.3, 0.4) is 0 Å². The summed E-state index contributed by atoms with van der Waals surface area (Å²) in [5, 5.41) is 8.62. The minimum absolute atomic E-state index is 0.443. The molecule has 0 amide bonds. The highest BCUT2D eigenvalue weighted by molar-refractivity contribution is 5.87. The molecule has 0 aliphatic heterocycles. The van der Waals surface area contributed by atoms with Crippen molar-refractivity contribution in [2.24, 2.45) is 0 Å². The molecule has 1 aliphatic carbocycles. The molecule has 0 radical (unpaired) electrons.